The standard InChI is InChI=1S/C42H55FN4O5/c1-26(2)44-24-33-28(4)36(37(40(48)49)52-41(5,6)7)39-46-19-17-42(8,18-20-46)50-21-10-9-12-27(3)51-35-16-15-31(43)23-32(35)29-13-11-14-30(22-29)34-25-47(39)38(33)45-34/h11,13-16,22-23,25-27,37,44H,9-10,12,17-21,24H2,1-8H3,(H,48,49)/t27-,37-/m0/s1. The van der Waals surface area contributed by atoms with Crippen molar-refractivity contribution >= 4 is 17.4 Å². The van der Waals surface area contributed by atoms with Crippen molar-refractivity contribution in [2.24, 2.45) is 0 Å². The molecule has 6 bridgehead atoms. The van der Waals surface area contributed by atoms with Crippen LogP contribution in [0.1, 0.15) is 103 Å². The lowest BCUT2D eigenvalue weighted by Gasteiger charge is -2.42. The third-order valence-electron chi connectivity index (χ3n) is 10.3. The lowest BCUT2D eigenvalue weighted by molar-refractivity contribution is -0.160. The molecule has 2 aromatic carbocycles. The average Bonchev–Trinajstić information content (AvgIpc) is 3.52. The zero-order valence-corrected chi connectivity index (χ0v) is 32.0. The summed E-state index contributed by atoms with van der Waals surface area (Å²) in [6.45, 7) is 18.6. The molecule has 1 saturated heterocycles. The number of hydrogen-bond acceptors (Lipinski definition) is 7. The number of benzene rings is 2. The number of carbonyl (C=O) groups is 1. The molecule has 10 heteroatoms. The average molecular weight is 715 g/mol. The number of pyridine rings is 1. The molecule has 3 aliphatic rings. The molecular formula is C42H55FN4O5. The van der Waals surface area contributed by atoms with Crippen LogP contribution in [0.4, 0.5) is 10.2 Å². The van der Waals surface area contributed by atoms with Crippen LogP contribution in [0.2, 0.25) is 0 Å². The van der Waals surface area contributed by atoms with Crippen molar-refractivity contribution in [1.82, 2.24) is 14.7 Å². The summed E-state index contributed by atoms with van der Waals surface area (Å²) < 4.78 is 36.2. The second kappa shape index (κ2) is 15.2. The minimum Gasteiger partial charge on any atom is -0.490 e. The predicted molar refractivity (Wildman–Crippen MR) is 204 cm³/mol. The van der Waals surface area contributed by atoms with Gasteiger partial charge in [0.15, 0.2) is 6.10 Å². The molecule has 7 rings (SSSR count). The number of aliphatic carboxylic acids is 1. The first-order valence-electron chi connectivity index (χ1n) is 18.8. The first-order valence-corrected chi connectivity index (χ1v) is 18.8. The third-order valence-corrected chi connectivity index (χ3v) is 10.3. The molecule has 0 unspecified atom stereocenters. The van der Waals surface area contributed by atoms with Crippen LogP contribution in [0.25, 0.3) is 28.0 Å². The van der Waals surface area contributed by atoms with Gasteiger partial charge in [-0.05, 0) is 109 Å². The zero-order valence-electron chi connectivity index (χ0n) is 32.0. The lowest BCUT2D eigenvalue weighted by Crippen LogP contribution is -2.45. The maximum Gasteiger partial charge on any atom is 0.337 e. The van der Waals surface area contributed by atoms with Gasteiger partial charge in [-0.25, -0.2) is 14.2 Å². The van der Waals surface area contributed by atoms with Crippen molar-refractivity contribution in [3.63, 3.8) is 0 Å². The second-order valence-corrected chi connectivity index (χ2v) is 16.1. The van der Waals surface area contributed by atoms with E-state index in [1.54, 1.807) is 6.07 Å². The van der Waals surface area contributed by atoms with Crippen molar-refractivity contribution in [3.05, 3.63) is 71.2 Å². The van der Waals surface area contributed by atoms with Crippen molar-refractivity contribution in [3.8, 4) is 28.1 Å². The van der Waals surface area contributed by atoms with Gasteiger partial charge < -0.3 is 29.5 Å². The number of hydrogen-bond donors (Lipinski definition) is 2. The Morgan fingerprint density at radius 2 is 1.87 bits per heavy atom. The van der Waals surface area contributed by atoms with E-state index >= 15 is 0 Å². The number of piperidine rings is 1. The smallest absolute Gasteiger partial charge is 0.337 e. The van der Waals surface area contributed by atoms with E-state index in [1.165, 1.54) is 12.1 Å². The maximum absolute atomic E-state index is 14.8. The van der Waals surface area contributed by atoms with Gasteiger partial charge >= 0.3 is 5.97 Å². The Morgan fingerprint density at radius 1 is 1.13 bits per heavy atom. The highest BCUT2D eigenvalue weighted by molar-refractivity contribution is 5.82. The number of ether oxygens (including phenoxy) is 3. The Labute approximate surface area is 307 Å². The molecule has 4 aromatic rings. The van der Waals surface area contributed by atoms with Crippen LogP contribution >= 0.6 is 0 Å². The molecule has 2 atom stereocenters. The topological polar surface area (TPSA) is 97.6 Å². The molecule has 1 fully saturated rings. The van der Waals surface area contributed by atoms with Gasteiger partial charge in [0.25, 0.3) is 0 Å². The Hall–Kier alpha value is -3.99. The molecule has 0 spiro atoms. The van der Waals surface area contributed by atoms with E-state index < -0.39 is 17.7 Å². The molecule has 9 nitrogen and oxygen atoms in total. The van der Waals surface area contributed by atoms with Gasteiger partial charge in [0.05, 0.1) is 23.0 Å². The monoisotopic (exact) mass is 714 g/mol. The maximum atomic E-state index is 14.8. The number of halogens is 1. The van der Waals surface area contributed by atoms with Crippen LogP contribution in [0, 0.1) is 12.7 Å². The van der Waals surface area contributed by atoms with Crippen LogP contribution < -0.4 is 15.0 Å². The Kier molecular flexibility index (Phi) is 11.0. The van der Waals surface area contributed by atoms with Gasteiger partial charge in [0, 0.05) is 60.7 Å². The summed E-state index contributed by atoms with van der Waals surface area (Å²) in [6, 6.07) is 12.8. The SMILES string of the molecule is Cc1c([C@H](OC(C)(C)C)C(=O)O)c2n3cc(nc3c1CNC(C)C)-c1cccc(c1)-c1cc(F)ccc1O[C@@H](C)CCCCOC1(C)CCN2CC1. The van der Waals surface area contributed by atoms with Crippen molar-refractivity contribution in [2.45, 2.75) is 123 Å². The van der Waals surface area contributed by atoms with E-state index in [4.69, 9.17) is 19.2 Å². The fourth-order valence-electron chi connectivity index (χ4n) is 7.40. The van der Waals surface area contributed by atoms with Gasteiger partial charge in [0.1, 0.15) is 23.0 Å². The molecule has 280 valence electrons. The number of nitrogens with zero attached hydrogens (tertiary/aromatic N) is 3. The number of aromatic nitrogens is 2. The molecule has 52 heavy (non-hydrogen) atoms. The van der Waals surface area contributed by atoms with Crippen LogP contribution in [-0.2, 0) is 20.8 Å². The molecular weight excluding hydrogens is 659 g/mol. The minimum absolute atomic E-state index is 0.0547. The summed E-state index contributed by atoms with van der Waals surface area (Å²) >= 11 is 0. The third kappa shape index (κ3) is 8.29. The Balaban J connectivity index is 1.61. The molecule has 0 aliphatic carbocycles. The fraction of sp³-hybridized carbons (Fsp3) is 0.524. The summed E-state index contributed by atoms with van der Waals surface area (Å²) in [6.07, 6.45) is 5.02. The molecule has 0 radical (unpaired) electrons. The predicted octanol–water partition coefficient (Wildman–Crippen LogP) is 8.88. The van der Waals surface area contributed by atoms with Crippen LogP contribution in [-0.4, -0.2) is 63.5 Å². The summed E-state index contributed by atoms with van der Waals surface area (Å²) in [5, 5.41) is 14.3. The van der Waals surface area contributed by atoms with Crippen LogP contribution in [0.3, 0.4) is 0 Å². The number of imidazole rings is 1. The van der Waals surface area contributed by atoms with Gasteiger partial charge in [-0.1, -0.05) is 32.0 Å². The Morgan fingerprint density at radius 3 is 2.56 bits per heavy atom. The van der Waals surface area contributed by atoms with Gasteiger partial charge in [-0.3, -0.25) is 4.40 Å². The summed E-state index contributed by atoms with van der Waals surface area (Å²) in [5.41, 5.74) is 5.20. The van der Waals surface area contributed by atoms with Gasteiger partial charge in [0.2, 0.25) is 0 Å². The second-order valence-electron chi connectivity index (χ2n) is 16.1. The van der Waals surface area contributed by atoms with Crippen molar-refractivity contribution in [1.29, 1.82) is 0 Å². The number of carboxylic acids is 1. The number of rotatable bonds is 6. The largest absolute Gasteiger partial charge is 0.490 e. The quantitative estimate of drug-likeness (QED) is 0.205. The minimum atomic E-state index is -1.21. The highest BCUT2D eigenvalue weighted by Crippen LogP contribution is 2.42. The van der Waals surface area contributed by atoms with E-state index in [1.807, 2.05) is 58.2 Å². The first kappa shape index (κ1) is 37.8. The van der Waals surface area contributed by atoms with E-state index in [0.717, 1.165) is 71.5 Å². The molecule has 3 aliphatic heterocycles. The highest BCUT2D eigenvalue weighted by Gasteiger charge is 2.38. The lowest BCUT2D eigenvalue weighted by atomic mass is 9.91. The Bertz CT molecular complexity index is 1910. The fourth-order valence-corrected chi connectivity index (χ4v) is 7.40. The number of nitrogens with one attached hydrogen (secondary N) is 1. The normalized spacial score (nSPS) is 20.6. The summed E-state index contributed by atoms with van der Waals surface area (Å²) in [4.78, 5) is 20.8. The molecule has 0 saturated carbocycles. The van der Waals surface area contributed by atoms with E-state index in [-0.39, 0.29) is 23.6 Å². The van der Waals surface area contributed by atoms with Gasteiger partial charge in [-0.15, -0.1) is 0 Å². The first-order chi connectivity index (χ1) is 24.6. The van der Waals surface area contributed by atoms with Crippen LogP contribution in [0.5, 0.6) is 5.75 Å². The van der Waals surface area contributed by atoms with E-state index in [2.05, 4.69) is 42.3 Å². The van der Waals surface area contributed by atoms with Crippen molar-refractivity contribution < 1.29 is 28.5 Å². The summed E-state index contributed by atoms with van der Waals surface area (Å²) in [5.74, 6) is 0.0346. The van der Waals surface area contributed by atoms with E-state index in [0.29, 0.717) is 43.1 Å². The molecule has 5 heterocycles. The van der Waals surface area contributed by atoms with Crippen molar-refractivity contribution in [2.75, 3.05) is 24.6 Å². The summed E-state index contributed by atoms with van der Waals surface area (Å²) in [7, 11) is 0. The molecule has 2 aromatic heterocycles. The molecule has 0 amide bonds. The number of fused-ring (bicyclic) bond motifs is 8. The molecule has 2 N–H and O–H groups in total. The van der Waals surface area contributed by atoms with Gasteiger partial charge in [-0.2, -0.15) is 0 Å². The number of carboxylic acid groups (broad SMARTS) is 1. The number of anilines is 1. The highest BCUT2D eigenvalue weighted by atomic mass is 19.1. The van der Waals surface area contributed by atoms with Crippen LogP contribution in [0.15, 0.2) is 48.7 Å². The zero-order chi connectivity index (χ0) is 37.4. The van der Waals surface area contributed by atoms with E-state index in [9.17, 15) is 14.3 Å².